The van der Waals surface area contributed by atoms with Gasteiger partial charge in [0, 0.05) is 6.92 Å². The van der Waals surface area contributed by atoms with Gasteiger partial charge in [-0.2, -0.15) is 8.42 Å². The topological polar surface area (TPSA) is 80.7 Å². The molecule has 0 aromatic carbocycles. The molecule has 0 amide bonds. The molecule has 218 valence electrons. The Balaban J connectivity index is 0. The summed E-state index contributed by atoms with van der Waals surface area (Å²) in [6, 6.07) is 0. The van der Waals surface area contributed by atoms with Gasteiger partial charge >= 0.3 is 57.4 Å². The van der Waals surface area contributed by atoms with Gasteiger partial charge in [0.1, 0.15) is 11.9 Å². The first-order valence-corrected chi connectivity index (χ1v) is 17.1. The van der Waals surface area contributed by atoms with Crippen molar-refractivity contribution in [3.63, 3.8) is 0 Å². The first-order valence-electron chi connectivity index (χ1n) is 15.5. The maximum atomic E-state index is 11.1. The Hall–Kier alpha value is 1.02. The van der Waals surface area contributed by atoms with Crippen molar-refractivity contribution >= 4 is 67.5 Å². The first-order chi connectivity index (χ1) is 17.3. The molecule has 0 bridgehead atoms. The van der Waals surface area contributed by atoms with E-state index in [2.05, 4.69) is 6.92 Å². The van der Waals surface area contributed by atoms with Crippen molar-refractivity contribution in [2.45, 2.75) is 180 Å². The first kappa shape index (κ1) is 40.2. The molecule has 0 aliphatic rings. The molecule has 5 nitrogen and oxygen atoms in total. The number of carbonyl (C=O) groups is 1. The predicted molar refractivity (Wildman–Crippen MR) is 160 cm³/mol. The van der Waals surface area contributed by atoms with Crippen LogP contribution in [-0.2, 0) is 19.6 Å². The van der Waals surface area contributed by atoms with Gasteiger partial charge < -0.3 is 4.74 Å². The van der Waals surface area contributed by atoms with Gasteiger partial charge in [0.05, 0.1) is 0 Å². The molecule has 0 rings (SSSR count). The summed E-state index contributed by atoms with van der Waals surface area (Å²) in [5.41, 5.74) is 0. The summed E-state index contributed by atoms with van der Waals surface area (Å²) in [6.45, 7) is 3.54. The van der Waals surface area contributed by atoms with E-state index in [1.165, 1.54) is 142 Å². The zero-order valence-electron chi connectivity index (χ0n) is 24.0. The number of rotatable bonds is 28. The molecule has 7 heteroatoms. The Kier molecular flexibility index (Phi) is 32.5. The van der Waals surface area contributed by atoms with Gasteiger partial charge in [0.15, 0.2) is 0 Å². The van der Waals surface area contributed by atoms with Crippen LogP contribution in [-0.4, -0.2) is 82.2 Å². The Bertz CT molecular complexity index is 583. The van der Waals surface area contributed by atoms with Crippen LogP contribution < -0.4 is 0 Å². The molecule has 0 aliphatic carbocycles. The molecule has 0 saturated carbocycles. The van der Waals surface area contributed by atoms with E-state index in [0.717, 1.165) is 19.3 Å². The molecule has 0 fully saturated rings. The van der Waals surface area contributed by atoms with E-state index in [9.17, 15) is 13.2 Å². The molecule has 0 saturated heterocycles. The van der Waals surface area contributed by atoms with E-state index >= 15 is 0 Å². The minimum absolute atomic E-state index is 0. The van der Waals surface area contributed by atoms with Crippen molar-refractivity contribution in [3.05, 3.63) is 0 Å². The second-order valence-corrected chi connectivity index (χ2v) is 12.4. The fourth-order valence-corrected chi connectivity index (χ4v) is 5.68. The predicted octanol–water partition coefficient (Wildman–Crippen LogP) is 8.93. The molecular formula is C30H61KO5S. The van der Waals surface area contributed by atoms with Crippen molar-refractivity contribution in [2.75, 3.05) is 5.75 Å². The monoisotopic (exact) mass is 572 g/mol. The molecule has 0 aromatic heterocycles. The third kappa shape index (κ3) is 35.0. The summed E-state index contributed by atoms with van der Waals surface area (Å²) < 4.78 is 36.0. The van der Waals surface area contributed by atoms with Crippen molar-refractivity contribution in [2.24, 2.45) is 0 Å². The molecule has 1 unspecified atom stereocenters. The van der Waals surface area contributed by atoms with E-state index < -0.39 is 27.9 Å². The third-order valence-corrected chi connectivity index (χ3v) is 7.90. The van der Waals surface area contributed by atoms with Gasteiger partial charge in [-0.15, -0.1) is 0 Å². The van der Waals surface area contributed by atoms with Gasteiger partial charge in [-0.1, -0.05) is 155 Å². The molecular weight excluding hydrogens is 511 g/mol. The van der Waals surface area contributed by atoms with Crippen LogP contribution in [0.25, 0.3) is 0 Å². The summed E-state index contributed by atoms with van der Waals surface area (Å²) in [7, 11) is -4.12. The number of hydrogen-bond donors (Lipinski definition) is 1. The standard InChI is InChI=1S/C30H60O5S.K.H/c1-3-4-5-6-7-8-9-10-11-12-13-14-15-16-17-18-19-20-21-22-23-24-25-26-27-30(35-29(2)31)28-36(32,33)34;;/h30H,3-28H2,1-2H3,(H,32,33,34);;. The fraction of sp³-hybridized carbons (Fsp3) is 0.967. The summed E-state index contributed by atoms with van der Waals surface area (Å²) >= 11 is 0. The van der Waals surface area contributed by atoms with Crippen LogP contribution in [0.4, 0.5) is 0 Å². The van der Waals surface area contributed by atoms with Crippen LogP contribution in [0, 0.1) is 0 Å². The van der Waals surface area contributed by atoms with E-state index in [1.807, 2.05) is 0 Å². The second kappa shape index (κ2) is 30.0. The Morgan fingerprint density at radius 2 is 0.865 bits per heavy atom. The van der Waals surface area contributed by atoms with Crippen LogP contribution in [0.3, 0.4) is 0 Å². The van der Waals surface area contributed by atoms with Gasteiger partial charge in [-0.3, -0.25) is 9.35 Å². The van der Waals surface area contributed by atoms with E-state index in [-0.39, 0.29) is 51.4 Å². The molecule has 0 spiro atoms. The average molecular weight is 573 g/mol. The van der Waals surface area contributed by atoms with Crippen molar-refractivity contribution in [1.29, 1.82) is 0 Å². The summed E-state index contributed by atoms with van der Waals surface area (Å²) in [5, 5.41) is 0. The molecule has 0 aromatic rings. The summed E-state index contributed by atoms with van der Waals surface area (Å²) in [5.74, 6) is -1.01. The number of esters is 1. The Morgan fingerprint density at radius 1 is 0.595 bits per heavy atom. The molecule has 37 heavy (non-hydrogen) atoms. The minimum atomic E-state index is -4.12. The second-order valence-electron chi connectivity index (χ2n) is 10.9. The van der Waals surface area contributed by atoms with Gasteiger partial charge in [0.2, 0.25) is 0 Å². The number of hydrogen-bond acceptors (Lipinski definition) is 4. The zero-order valence-corrected chi connectivity index (χ0v) is 24.8. The number of carbonyl (C=O) groups excluding carboxylic acids is 1. The van der Waals surface area contributed by atoms with Gasteiger partial charge in [-0.25, -0.2) is 0 Å². The van der Waals surface area contributed by atoms with Crippen molar-refractivity contribution < 1.29 is 22.5 Å². The van der Waals surface area contributed by atoms with Crippen molar-refractivity contribution in [1.82, 2.24) is 0 Å². The van der Waals surface area contributed by atoms with Crippen molar-refractivity contribution in [3.8, 4) is 0 Å². The Labute approximate surface area is 273 Å². The van der Waals surface area contributed by atoms with Crippen LogP contribution in [0.1, 0.15) is 174 Å². The normalized spacial score (nSPS) is 12.3. The quantitative estimate of drug-likeness (QED) is 0.0438. The van der Waals surface area contributed by atoms with Crippen LogP contribution >= 0.6 is 0 Å². The molecule has 0 radical (unpaired) electrons. The van der Waals surface area contributed by atoms with Gasteiger partial charge in [-0.05, 0) is 12.8 Å². The summed E-state index contributed by atoms with van der Waals surface area (Å²) in [6.07, 6.45) is 31.9. The molecule has 1 N–H and O–H groups in total. The zero-order chi connectivity index (χ0) is 26.7. The number of ether oxygens (including phenoxy) is 1. The third-order valence-electron chi connectivity index (χ3n) is 7.11. The number of unbranched alkanes of at least 4 members (excludes halogenated alkanes) is 23. The van der Waals surface area contributed by atoms with Gasteiger partial charge in [0.25, 0.3) is 10.1 Å². The van der Waals surface area contributed by atoms with Crippen LogP contribution in [0.5, 0.6) is 0 Å². The fourth-order valence-electron chi connectivity index (χ4n) is 4.98. The maximum absolute atomic E-state index is 11.1. The van der Waals surface area contributed by atoms with E-state index in [1.54, 1.807) is 0 Å². The van der Waals surface area contributed by atoms with E-state index in [4.69, 9.17) is 9.29 Å². The summed E-state index contributed by atoms with van der Waals surface area (Å²) in [4.78, 5) is 11.1. The SMILES string of the molecule is CCCCCCCCCCCCCCCCCCCCCCCCCCC(CS(=O)(=O)O)OC(C)=O.[KH]. The Morgan fingerprint density at radius 3 is 1.11 bits per heavy atom. The molecule has 0 heterocycles. The van der Waals surface area contributed by atoms with Crippen LogP contribution in [0.15, 0.2) is 0 Å². The van der Waals surface area contributed by atoms with E-state index in [0.29, 0.717) is 6.42 Å². The van der Waals surface area contributed by atoms with Crippen LogP contribution in [0.2, 0.25) is 0 Å². The molecule has 0 aliphatic heterocycles. The molecule has 1 atom stereocenters. The average Bonchev–Trinajstić information content (AvgIpc) is 2.80.